The lowest BCUT2D eigenvalue weighted by Crippen LogP contribution is -2.43. The number of nitrogens with zero attached hydrogens (tertiary/aromatic N) is 4. The Kier molecular flexibility index (Phi) is 4.93. The Labute approximate surface area is 114 Å². The molecular weight excluding hydrogens is 264 g/mol. The fourth-order valence-corrected chi connectivity index (χ4v) is 3.29. The Hall–Kier alpha value is -0.950. The van der Waals surface area contributed by atoms with Crippen molar-refractivity contribution in [3.63, 3.8) is 0 Å². The molecule has 108 valence electrons. The fourth-order valence-electron chi connectivity index (χ4n) is 2.63. The van der Waals surface area contributed by atoms with Crippen LogP contribution in [0.1, 0.15) is 25.7 Å². The second kappa shape index (κ2) is 6.47. The first kappa shape index (κ1) is 14.5. The number of hydrogen-bond donors (Lipinski definition) is 0. The molecule has 1 aromatic heterocycles. The molecule has 0 unspecified atom stereocenters. The van der Waals surface area contributed by atoms with Crippen LogP contribution >= 0.6 is 0 Å². The van der Waals surface area contributed by atoms with Crippen LogP contribution in [0.5, 0.6) is 0 Å². The minimum Gasteiger partial charge on any atom is -0.299 e. The summed E-state index contributed by atoms with van der Waals surface area (Å²) in [5, 5.41) is 4.15. The molecule has 0 saturated carbocycles. The first-order valence-electron chi connectivity index (χ1n) is 6.79. The molecule has 2 rings (SSSR count). The molecule has 0 aromatic carbocycles. The van der Waals surface area contributed by atoms with Gasteiger partial charge in [-0.3, -0.25) is 9.58 Å². The second-order valence-corrected chi connectivity index (χ2v) is 7.55. The molecule has 0 radical (unpaired) electrons. The summed E-state index contributed by atoms with van der Waals surface area (Å²) in [5.41, 5.74) is 0. The van der Waals surface area contributed by atoms with Crippen molar-refractivity contribution >= 4 is 9.84 Å². The van der Waals surface area contributed by atoms with Gasteiger partial charge in [-0.05, 0) is 32.4 Å². The van der Waals surface area contributed by atoms with Gasteiger partial charge in [0.2, 0.25) is 0 Å². The summed E-state index contributed by atoms with van der Waals surface area (Å²) in [6, 6.07) is 0.454. The summed E-state index contributed by atoms with van der Waals surface area (Å²) in [5.74, 6) is 0.277. The quantitative estimate of drug-likeness (QED) is 0.764. The molecule has 0 spiro atoms. The summed E-state index contributed by atoms with van der Waals surface area (Å²) >= 11 is 0. The Balaban J connectivity index is 1.85. The van der Waals surface area contributed by atoms with E-state index in [1.54, 1.807) is 12.7 Å². The van der Waals surface area contributed by atoms with E-state index in [4.69, 9.17) is 0 Å². The maximum atomic E-state index is 11.2. The number of piperidine rings is 1. The Morgan fingerprint density at radius 3 is 2.89 bits per heavy atom. The standard InChI is InChI=1S/C12H22N4O2S/c1-19(17,18)8-4-7-15-6-3-2-5-12(15)9-16-11-13-10-14-16/h10-12H,2-9H2,1H3/t12-/m0/s1. The van der Waals surface area contributed by atoms with Crippen molar-refractivity contribution in [1.82, 2.24) is 19.7 Å². The Morgan fingerprint density at radius 1 is 1.37 bits per heavy atom. The lowest BCUT2D eigenvalue weighted by atomic mass is 10.0. The molecular formula is C12H22N4O2S. The van der Waals surface area contributed by atoms with Crippen molar-refractivity contribution in [3.05, 3.63) is 12.7 Å². The van der Waals surface area contributed by atoms with Crippen molar-refractivity contribution < 1.29 is 8.42 Å². The third kappa shape index (κ3) is 4.91. The van der Waals surface area contributed by atoms with Crippen LogP contribution in [0.4, 0.5) is 0 Å². The van der Waals surface area contributed by atoms with Crippen LogP contribution in [0.15, 0.2) is 12.7 Å². The fraction of sp³-hybridized carbons (Fsp3) is 0.833. The SMILES string of the molecule is CS(=O)(=O)CCCN1CCCC[C@H]1Cn1cncn1. The minimum absolute atomic E-state index is 0.277. The smallest absolute Gasteiger partial charge is 0.147 e. The lowest BCUT2D eigenvalue weighted by molar-refractivity contribution is 0.130. The average Bonchev–Trinajstić information content (AvgIpc) is 2.82. The number of likely N-dealkylation sites (tertiary alicyclic amines) is 1. The van der Waals surface area contributed by atoms with Crippen LogP contribution in [0.25, 0.3) is 0 Å². The van der Waals surface area contributed by atoms with Crippen LogP contribution in [0.3, 0.4) is 0 Å². The van der Waals surface area contributed by atoms with Gasteiger partial charge in [-0.1, -0.05) is 6.42 Å². The summed E-state index contributed by atoms with van der Waals surface area (Å²) in [7, 11) is -2.85. The molecule has 1 fully saturated rings. The lowest BCUT2D eigenvalue weighted by Gasteiger charge is -2.35. The molecule has 0 N–H and O–H groups in total. The van der Waals surface area contributed by atoms with Crippen LogP contribution in [-0.2, 0) is 16.4 Å². The molecule has 0 amide bonds. The Bertz CT molecular complexity index is 472. The van der Waals surface area contributed by atoms with E-state index < -0.39 is 9.84 Å². The zero-order chi connectivity index (χ0) is 13.7. The molecule has 1 aliphatic heterocycles. The van der Waals surface area contributed by atoms with Gasteiger partial charge < -0.3 is 0 Å². The highest BCUT2D eigenvalue weighted by atomic mass is 32.2. The second-order valence-electron chi connectivity index (χ2n) is 5.29. The molecule has 7 heteroatoms. The topological polar surface area (TPSA) is 68.1 Å². The molecule has 1 aliphatic rings. The van der Waals surface area contributed by atoms with Crippen molar-refractivity contribution in [3.8, 4) is 0 Å². The van der Waals surface area contributed by atoms with Crippen LogP contribution in [-0.4, -0.2) is 59.2 Å². The number of sulfone groups is 1. The largest absolute Gasteiger partial charge is 0.299 e. The van der Waals surface area contributed by atoms with E-state index in [9.17, 15) is 8.42 Å². The summed E-state index contributed by atoms with van der Waals surface area (Å²) in [6.45, 7) is 2.76. The highest BCUT2D eigenvalue weighted by Gasteiger charge is 2.22. The predicted molar refractivity (Wildman–Crippen MR) is 73.6 cm³/mol. The molecule has 19 heavy (non-hydrogen) atoms. The predicted octanol–water partition coefficient (Wildman–Crippen LogP) is 0.567. The molecule has 1 atom stereocenters. The van der Waals surface area contributed by atoms with Gasteiger partial charge in [-0.15, -0.1) is 0 Å². The van der Waals surface area contributed by atoms with Crippen molar-refractivity contribution in [2.75, 3.05) is 25.1 Å². The van der Waals surface area contributed by atoms with Gasteiger partial charge in [0.05, 0.1) is 12.3 Å². The van der Waals surface area contributed by atoms with E-state index in [1.807, 2.05) is 4.68 Å². The van der Waals surface area contributed by atoms with Crippen LogP contribution in [0, 0.1) is 0 Å². The van der Waals surface area contributed by atoms with E-state index in [-0.39, 0.29) is 5.75 Å². The monoisotopic (exact) mass is 286 g/mol. The number of hydrogen-bond acceptors (Lipinski definition) is 5. The van der Waals surface area contributed by atoms with Gasteiger partial charge in [0, 0.05) is 12.3 Å². The molecule has 6 nitrogen and oxygen atoms in total. The maximum absolute atomic E-state index is 11.2. The molecule has 2 heterocycles. The zero-order valence-electron chi connectivity index (χ0n) is 11.4. The number of rotatable bonds is 6. The van der Waals surface area contributed by atoms with Gasteiger partial charge in [0.1, 0.15) is 22.5 Å². The van der Waals surface area contributed by atoms with Gasteiger partial charge >= 0.3 is 0 Å². The third-order valence-corrected chi connectivity index (χ3v) is 4.60. The highest BCUT2D eigenvalue weighted by Crippen LogP contribution is 2.18. The summed E-state index contributed by atoms with van der Waals surface area (Å²) in [4.78, 5) is 6.36. The van der Waals surface area contributed by atoms with E-state index in [1.165, 1.54) is 19.1 Å². The third-order valence-electron chi connectivity index (χ3n) is 3.57. The minimum atomic E-state index is -2.85. The Morgan fingerprint density at radius 2 is 2.21 bits per heavy atom. The van der Waals surface area contributed by atoms with Crippen LogP contribution in [0.2, 0.25) is 0 Å². The van der Waals surface area contributed by atoms with Crippen LogP contribution < -0.4 is 0 Å². The molecule has 0 bridgehead atoms. The van der Waals surface area contributed by atoms with Gasteiger partial charge in [-0.25, -0.2) is 13.4 Å². The summed E-state index contributed by atoms with van der Waals surface area (Å²) < 4.78 is 24.2. The highest BCUT2D eigenvalue weighted by molar-refractivity contribution is 7.90. The van der Waals surface area contributed by atoms with Crippen molar-refractivity contribution in [2.24, 2.45) is 0 Å². The van der Waals surface area contributed by atoms with Gasteiger partial charge in [0.25, 0.3) is 0 Å². The number of aromatic nitrogens is 3. The van der Waals surface area contributed by atoms with E-state index in [0.29, 0.717) is 12.5 Å². The van der Waals surface area contributed by atoms with Crippen molar-refractivity contribution in [2.45, 2.75) is 38.3 Å². The van der Waals surface area contributed by atoms with E-state index in [2.05, 4.69) is 15.0 Å². The van der Waals surface area contributed by atoms with Gasteiger partial charge in [-0.2, -0.15) is 5.10 Å². The first-order chi connectivity index (χ1) is 9.04. The zero-order valence-corrected chi connectivity index (χ0v) is 12.2. The molecule has 0 aliphatic carbocycles. The summed E-state index contributed by atoms with van der Waals surface area (Å²) in [6.07, 6.45) is 8.90. The van der Waals surface area contributed by atoms with Gasteiger partial charge in [0.15, 0.2) is 0 Å². The first-order valence-corrected chi connectivity index (χ1v) is 8.85. The maximum Gasteiger partial charge on any atom is 0.147 e. The van der Waals surface area contributed by atoms with Crippen molar-refractivity contribution in [1.29, 1.82) is 0 Å². The molecule has 1 saturated heterocycles. The average molecular weight is 286 g/mol. The van der Waals surface area contributed by atoms with E-state index in [0.717, 1.165) is 26.1 Å². The van der Waals surface area contributed by atoms with E-state index >= 15 is 0 Å². The molecule has 1 aromatic rings. The normalized spacial score (nSPS) is 21.6.